The standard InChI is InChI=1S/C11H16ClN3O2S/c1-8(2)15(10-5-6-13-11(12)14-10)18(16,17)7-9-3-4-9/h5-6,8-9H,3-4,7H2,1-2H3. The lowest BCUT2D eigenvalue weighted by Gasteiger charge is -2.27. The van der Waals surface area contributed by atoms with Gasteiger partial charge in [-0.25, -0.2) is 13.4 Å². The number of halogens is 1. The van der Waals surface area contributed by atoms with Crippen LogP contribution in [0.15, 0.2) is 12.3 Å². The summed E-state index contributed by atoms with van der Waals surface area (Å²) in [5.41, 5.74) is 0. The first-order chi connectivity index (χ1) is 8.40. The molecule has 0 aromatic carbocycles. The molecule has 1 aromatic rings. The Morgan fingerprint density at radius 3 is 2.67 bits per heavy atom. The molecule has 0 N–H and O–H groups in total. The predicted molar refractivity (Wildman–Crippen MR) is 71.2 cm³/mol. The molecule has 1 aliphatic carbocycles. The van der Waals surface area contributed by atoms with Gasteiger partial charge in [-0.2, -0.15) is 4.98 Å². The van der Waals surface area contributed by atoms with Gasteiger partial charge >= 0.3 is 0 Å². The van der Waals surface area contributed by atoms with Crippen molar-refractivity contribution in [2.75, 3.05) is 10.1 Å². The zero-order valence-electron chi connectivity index (χ0n) is 10.4. The van der Waals surface area contributed by atoms with Crippen LogP contribution in [-0.4, -0.2) is 30.2 Å². The lowest BCUT2D eigenvalue weighted by atomic mass is 10.4. The van der Waals surface area contributed by atoms with Crippen molar-refractivity contribution in [2.45, 2.75) is 32.7 Å². The van der Waals surface area contributed by atoms with E-state index < -0.39 is 10.0 Å². The molecule has 1 aromatic heterocycles. The molecule has 5 nitrogen and oxygen atoms in total. The summed E-state index contributed by atoms with van der Waals surface area (Å²) >= 11 is 5.72. The molecule has 1 saturated carbocycles. The highest BCUT2D eigenvalue weighted by Gasteiger charge is 2.34. The minimum atomic E-state index is -3.34. The summed E-state index contributed by atoms with van der Waals surface area (Å²) in [5, 5.41) is 0.0553. The zero-order valence-corrected chi connectivity index (χ0v) is 11.9. The highest BCUT2D eigenvalue weighted by molar-refractivity contribution is 7.92. The number of hydrogen-bond acceptors (Lipinski definition) is 4. The Kier molecular flexibility index (Phi) is 3.77. The van der Waals surface area contributed by atoms with Crippen LogP contribution >= 0.6 is 11.6 Å². The Morgan fingerprint density at radius 2 is 2.17 bits per heavy atom. The van der Waals surface area contributed by atoms with Gasteiger partial charge in [0.1, 0.15) is 5.82 Å². The van der Waals surface area contributed by atoms with E-state index in [0.717, 1.165) is 12.8 Å². The monoisotopic (exact) mass is 289 g/mol. The first-order valence-corrected chi connectivity index (χ1v) is 7.89. The molecule has 1 heterocycles. The Balaban J connectivity index is 2.33. The van der Waals surface area contributed by atoms with Gasteiger partial charge in [0.25, 0.3) is 0 Å². The Morgan fingerprint density at radius 1 is 1.50 bits per heavy atom. The molecule has 18 heavy (non-hydrogen) atoms. The average molecular weight is 290 g/mol. The summed E-state index contributed by atoms with van der Waals surface area (Å²) in [4.78, 5) is 7.76. The van der Waals surface area contributed by atoms with Gasteiger partial charge in [-0.15, -0.1) is 0 Å². The molecule has 1 aliphatic rings. The average Bonchev–Trinajstić information content (AvgIpc) is 2.99. The summed E-state index contributed by atoms with van der Waals surface area (Å²) < 4.78 is 26.0. The van der Waals surface area contributed by atoms with E-state index in [0.29, 0.717) is 11.7 Å². The van der Waals surface area contributed by atoms with E-state index >= 15 is 0 Å². The molecule has 7 heteroatoms. The van der Waals surface area contributed by atoms with Crippen molar-refractivity contribution >= 4 is 27.4 Å². The van der Waals surface area contributed by atoms with E-state index in [4.69, 9.17) is 11.6 Å². The molecule has 0 radical (unpaired) electrons. The summed E-state index contributed by atoms with van der Waals surface area (Å²) in [6, 6.07) is 1.37. The number of nitrogens with zero attached hydrogens (tertiary/aromatic N) is 3. The summed E-state index contributed by atoms with van der Waals surface area (Å²) in [7, 11) is -3.34. The van der Waals surface area contributed by atoms with Crippen LogP contribution in [0.5, 0.6) is 0 Å². The maximum Gasteiger partial charge on any atom is 0.236 e. The Labute approximate surface area is 112 Å². The van der Waals surface area contributed by atoms with Crippen molar-refractivity contribution in [3.05, 3.63) is 17.5 Å². The van der Waals surface area contributed by atoms with Crippen molar-refractivity contribution in [3.8, 4) is 0 Å². The van der Waals surface area contributed by atoms with Crippen LogP contribution < -0.4 is 4.31 Å². The molecule has 0 atom stereocenters. The van der Waals surface area contributed by atoms with Gasteiger partial charge in [0.2, 0.25) is 15.3 Å². The van der Waals surface area contributed by atoms with Gasteiger partial charge in [0.15, 0.2) is 0 Å². The minimum Gasteiger partial charge on any atom is -0.251 e. The second-order valence-electron chi connectivity index (χ2n) is 4.80. The van der Waals surface area contributed by atoms with Gasteiger partial charge in [0.05, 0.1) is 5.75 Å². The first kappa shape index (κ1) is 13.5. The van der Waals surface area contributed by atoms with Crippen LogP contribution in [0.2, 0.25) is 5.28 Å². The highest BCUT2D eigenvalue weighted by atomic mass is 35.5. The number of sulfonamides is 1. The number of rotatable bonds is 5. The lowest BCUT2D eigenvalue weighted by Crippen LogP contribution is -2.39. The van der Waals surface area contributed by atoms with Gasteiger partial charge in [-0.3, -0.25) is 4.31 Å². The van der Waals surface area contributed by atoms with Crippen molar-refractivity contribution in [3.63, 3.8) is 0 Å². The number of hydrogen-bond donors (Lipinski definition) is 0. The second-order valence-corrected chi connectivity index (χ2v) is 7.02. The van der Waals surface area contributed by atoms with Gasteiger partial charge in [-0.05, 0) is 44.2 Å². The van der Waals surface area contributed by atoms with Crippen molar-refractivity contribution in [2.24, 2.45) is 5.92 Å². The number of anilines is 1. The third-order valence-electron chi connectivity index (χ3n) is 2.75. The van der Waals surface area contributed by atoms with Gasteiger partial charge < -0.3 is 0 Å². The maximum atomic E-state index is 12.4. The zero-order chi connectivity index (χ0) is 13.3. The quantitative estimate of drug-likeness (QED) is 0.779. The van der Waals surface area contributed by atoms with Crippen LogP contribution in [0.4, 0.5) is 5.82 Å². The smallest absolute Gasteiger partial charge is 0.236 e. The molecule has 0 bridgehead atoms. The fourth-order valence-electron chi connectivity index (χ4n) is 1.84. The van der Waals surface area contributed by atoms with Crippen LogP contribution in [0.1, 0.15) is 26.7 Å². The van der Waals surface area contributed by atoms with Crippen molar-refractivity contribution in [1.82, 2.24) is 9.97 Å². The van der Waals surface area contributed by atoms with Crippen LogP contribution in [-0.2, 0) is 10.0 Å². The lowest BCUT2D eigenvalue weighted by molar-refractivity contribution is 0.579. The Hall–Kier alpha value is -0.880. The SMILES string of the molecule is CC(C)N(c1ccnc(Cl)n1)S(=O)(=O)CC1CC1. The largest absolute Gasteiger partial charge is 0.251 e. The maximum absolute atomic E-state index is 12.4. The first-order valence-electron chi connectivity index (χ1n) is 5.91. The predicted octanol–water partition coefficient (Wildman–Crippen LogP) is 2.08. The molecule has 2 rings (SSSR count). The topological polar surface area (TPSA) is 63.2 Å². The van der Waals surface area contributed by atoms with E-state index in [1.165, 1.54) is 10.5 Å². The van der Waals surface area contributed by atoms with Crippen molar-refractivity contribution < 1.29 is 8.42 Å². The molecular formula is C11H16ClN3O2S. The molecular weight excluding hydrogens is 274 g/mol. The fraction of sp³-hybridized carbons (Fsp3) is 0.636. The molecule has 0 spiro atoms. The normalized spacial score (nSPS) is 16.0. The van der Waals surface area contributed by atoms with Gasteiger partial charge in [-0.1, -0.05) is 0 Å². The van der Waals surface area contributed by atoms with E-state index in [-0.39, 0.29) is 17.1 Å². The van der Waals surface area contributed by atoms with Crippen LogP contribution in [0.25, 0.3) is 0 Å². The van der Waals surface area contributed by atoms with Crippen molar-refractivity contribution in [1.29, 1.82) is 0 Å². The molecule has 0 amide bonds. The number of aromatic nitrogens is 2. The summed E-state index contributed by atoms with van der Waals surface area (Å²) in [6.45, 7) is 3.64. The molecule has 0 aliphatic heterocycles. The molecule has 1 fully saturated rings. The van der Waals surface area contributed by atoms with Crippen LogP contribution in [0.3, 0.4) is 0 Å². The molecule has 0 unspecified atom stereocenters. The molecule has 100 valence electrons. The Bertz CT molecular complexity index is 529. The van der Waals surface area contributed by atoms with Crippen LogP contribution in [0, 0.1) is 5.92 Å². The third-order valence-corrected chi connectivity index (χ3v) is 5.03. The van der Waals surface area contributed by atoms with E-state index in [9.17, 15) is 8.42 Å². The highest BCUT2D eigenvalue weighted by Crippen LogP contribution is 2.32. The van der Waals surface area contributed by atoms with E-state index in [2.05, 4.69) is 9.97 Å². The summed E-state index contributed by atoms with van der Waals surface area (Å²) in [5.74, 6) is 0.825. The van der Waals surface area contributed by atoms with Gasteiger partial charge in [0, 0.05) is 18.3 Å². The van der Waals surface area contributed by atoms with E-state index in [1.807, 2.05) is 13.8 Å². The summed E-state index contributed by atoms with van der Waals surface area (Å²) in [6.07, 6.45) is 3.46. The molecule has 0 saturated heterocycles. The fourth-order valence-corrected chi connectivity index (χ4v) is 4.10. The second kappa shape index (κ2) is 5.01. The van der Waals surface area contributed by atoms with E-state index in [1.54, 1.807) is 6.07 Å². The minimum absolute atomic E-state index is 0.0553. The third kappa shape index (κ3) is 3.11.